The molecule has 0 fully saturated rings. The Labute approximate surface area is 131 Å². The maximum absolute atomic E-state index is 11.9. The fraction of sp³-hybridized carbons (Fsp3) is 0.529. The second kappa shape index (κ2) is 8.41. The highest BCUT2D eigenvalue weighted by atomic mass is 16.5. The SMILES string of the molecule is CCCOc1ccc(CNC(=O)CC(C)(C)CC(=O)O)cc1. The van der Waals surface area contributed by atoms with Crippen LogP contribution < -0.4 is 10.1 Å². The van der Waals surface area contributed by atoms with Gasteiger partial charge in [-0.2, -0.15) is 0 Å². The Morgan fingerprint density at radius 1 is 1.18 bits per heavy atom. The summed E-state index contributed by atoms with van der Waals surface area (Å²) in [5, 5.41) is 11.6. The van der Waals surface area contributed by atoms with E-state index in [9.17, 15) is 9.59 Å². The lowest BCUT2D eigenvalue weighted by Crippen LogP contribution is -2.29. The van der Waals surface area contributed by atoms with Gasteiger partial charge in [0.2, 0.25) is 5.91 Å². The largest absolute Gasteiger partial charge is 0.494 e. The van der Waals surface area contributed by atoms with Gasteiger partial charge in [-0.25, -0.2) is 0 Å². The lowest BCUT2D eigenvalue weighted by atomic mass is 9.85. The van der Waals surface area contributed by atoms with E-state index in [0.717, 1.165) is 17.7 Å². The molecule has 0 spiro atoms. The number of ether oxygens (including phenoxy) is 1. The van der Waals surface area contributed by atoms with Crippen LogP contribution >= 0.6 is 0 Å². The smallest absolute Gasteiger partial charge is 0.303 e. The molecule has 0 bridgehead atoms. The minimum absolute atomic E-state index is 0.0239. The van der Waals surface area contributed by atoms with Gasteiger partial charge in [-0.3, -0.25) is 9.59 Å². The summed E-state index contributed by atoms with van der Waals surface area (Å²) >= 11 is 0. The van der Waals surface area contributed by atoms with Crippen molar-refractivity contribution in [1.82, 2.24) is 5.32 Å². The normalized spacial score (nSPS) is 11.0. The summed E-state index contributed by atoms with van der Waals surface area (Å²) in [6.07, 6.45) is 1.13. The summed E-state index contributed by atoms with van der Waals surface area (Å²) < 4.78 is 5.50. The maximum atomic E-state index is 11.9. The highest BCUT2D eigenvalue weighted by Crippen LogP contribution is 2.24. The molecule has 0 saturated carbocycles. The third-order valence-electron chi connectivity index (χ3n) is 3.15. The lowest BCUT2D eigenvalue weighted by Gasteiger charge is -2.21. The van der Waals surface area contributed by atoms with Crippen molar-refractivity contribution in [2.45, 2.75) is 46.6 Å². The maximum Gasteiger partial charge on any atom is 0.303 e. The average molecular weight is 307 g/mol. The fourth-order valence-electron chi connectivity index (χ4n) is 2.09. The second-order valence-electron chi connectivity index (χ2n) is 6.18. The zero-order chi connectivity index (χ0) is 16.6. The van der Waals surface area contributed by atoms with Crippen molar-refractivity contribution < 1.29 is 19.4 Å². The van der Waals surface area contributed by atoms with Crippen molar-refractivity contribution in [1.29, 1.82) is 0 Å². The monoisotopic (exact) mass is 307 g/mol. The van der Waals surface area contributed by atoms with E-state index < -0.39 is 11.4 Å². The summed E-state index contributed by atoms with van der Waals surface area (Å²) in [5.41, 5.74) is 0.432. The summed E-state index contributed by atoms with van der Waals surface area (Å²) in [6, 6.07) is 7.58. The van der Waals surface area contributed by atoms with E-state index in [0.29, 0.717) is 13.2 Å². The molecule has 1 rings (SSSR count). The number of carbonyl (C=O) groups is 2. The summed E-state index contributed by atoms with van der Waals surface area (Å²) in [7, 11) is 0. The number of aliphatic carboxylic acids is 1. The number of benzene rings is 1. The molecule has 0 atom stereocenters. The fourth-order valence-corrected chi connectivity index (χ4v) is 2.09. The van der Waals surface area contributed by atoms with E-state index in [4.69, 9.17) is 9.84 Å². The molecule has 0 heterocycles. The molecule has 0 radical (unpaired) electrons. The Hall–Kier alpha value is -2.04. The molecular weight excluding hydrogens is 282 g/mol. The first-order chi connectivity index (χ1) is 10.3. The Morgan fingerprint density at radius 2 is 1.82 bits per heavy atom. The van der Waals surface area contributed by atoms with E-state index in [1.165, 1.54) is 0 Å². The summed E-state index contributed by atoms with van der Waals surface area (Å²) in [6.45, 7) is 6.72. The van der Waals surface area contributed by atoms with Gasteiger partial charge in [0.25, 0.3) is 0 Å². The molecule has 122 valence electrons. The molecule has 0 aliphatic carbocycles. The number of amides is 1. The van der Waals surface area contributed by atoms with Crippen LogP contribution in [0.4, 0.5) is 0 Å². The van der Waals surface area contributed by atoms with Crippen LogP contribution in [0.25, 0.3) is 0 Å². The van der Waals surface area contributed by atoms with Gasteiger partial charge in [0.15, 0.2) is 0 Å². The van der Waals surface area contributed by atoms with Crippen LogP contribution in [0.2, 0.25) is 0 Å². The van der Waals surface area contributed by atoms with E-state index >= 15 is 0 Å². The van der Waals surface area contributed by atoms with Gasteiger partial charge >= 0.3 is 5.97 Å². The van der Waals surface area contributed by atoms with Crippen molar-refractivity contribution in [2.75, 3.05) is 6.61 Å². The first-order valence-electron chi connectivity index (χ1n) is 7.52. The van der Waals surface area contributed by atoms with Crippen molar-refractivity contribution in [3.05, 3.63) is 29.8 Å². The van der Waals surface area contributed by atoms with Gasteiger partial charge in [0.1, 0.15) is 5.75 Å². The number of carboxylic acids is 1. The summed E-state index contributed by atoms with van der Waals surface area (Å²) in [4.78, 5) is 22.6. The topological polar surface area (TPSA) is 75.6 Å². The van der Waals surface area contributed by atoms with Crippen LogP contribution in [0.5, 0.6) is 5.75 Å². The van der Waals surface area contributed by atoms with Gasteiger partial charge in [-0.05, 0) is 29.5 Å². The van der Waals surface area contributed by atoms with E-state index in [-0.39, 0.29) is 18.7 Å². The standard InChI is InChI=1S/C17H25NO4/c1-4-9-22-14-7-5-13(6-8-14)12-18-15(19)10-17(2,3)11-16(20)21/h5-8H,4,9-12H2,1-3H3,(H,18,19)(H,20,21). The van der Waals surface area contributed by atoms with Crippen LogP contribution in [-0.4, -0.2) is 23.6 Å². The average Bonchev–Trinajstić information content (AvgIpc) is 2.42. The second-order valence-corrected chi connectivity index (χ2v) is 6.18. The minimum atomic E-state index is -0.888. The molecule has 1 aromatic rings. The molecule has 0 aliphatic rings. The molecule has 1 aromatic carbocycles. The molecule has 5 heteroatoms. The van der Waals surface area contributed by atoms with E-state index in [1.807, 2.05) is 24.3 Å². The van der Waals surface area contributed by atoms with Crippen LogP contribution in [0.15, 0.2) is 24.3 Å². The number of hydrogen-bond donors (Lipinski definition) is 2. The highest BCUT2D eigenvalue weighted by molar-refractivity contribution is 5.77. The molecule has 0 saturated heterocycles. The molecule has 0 unspecified atom stereocenters. The molecule has 0 aromatic heterocycles. The van der Waals surface area contributed by atoms with Crippen LogP contribution in [-0.2, 0) is 16.1 Å². The van der Waals surface area contributed by atoms with Crippen LogP contribution in [0, 0.1) is 5.41 Å². The molecule has 1 amide bonds. The molecule has 5 nitrogen and oxygen atoms in total. The third kappa shape index (κ3) is 7.11. The highest BCUT2D eigenvalue weighted by Gasteiger charge is 2.24. The zero-order valence-corrected chi connectivity index (χ0v) is 13.5. The van der Waals surface area contributed by atoms with Gasteiger partial charge in [-0.15, -0.1) is 0 Å². The first-order valence-corrected chi connectivity index (χ1v) is 7.52. The number of carboxylic acid groups (broad SMARTS) is 1. The van der Waals surface area contributed by atoms with Crippen molar-refractivity contribution >= 4 is 11.9 Å². The Bertz CT molecular complexity index is 494. The molecule has 2 N–H and O–H groups in total. The predicted octanol–water partition coefficient (Wildman–Crippen LogP) is 2.98. The van der Waals surface area contributed by atoms with Gasteiger partial charge in [0.05, 0.1) is 13.0 Å². The van der Waals surface area contributed by atoms with Crippen LogP contribution in [0.1, 0.15) is 45.6 Å². The number of hydrogen-bond acceptors (Lipinski definition) is 3. The van der Waals surface area contributed by atoms with Crippen molar-refractivity contribution in [3.8, 4) is 5.75 Å². The molecular formula is C17H25NO4. The Kier molecular flexibility index (Phi) is 6.89. The number of rotatable bonds is 9. The Balaban J connectivity index is 2.42. The number of carbonyl (C=O) groups excluding carboxylic acids is 1. The van der Waals surface area contributed by atoms with Crippen molar-refractivity contribution in [3.63, 3.8) is 0 Å². The predicted molar refractivity (Wildman–Crippen MR) is 84.7 cm³/mol. The Morgan fingerprint density at radius 3 is 2.36 bits per heavy atom. The minimum Gasteiger partial charge on any atom is -0.494 e. The summed E-state index contributed by atoms with van der Waals surface area (Å²) in [5.74, 6) is -0.211. The van der Waals surface area contributed by atoms with Crippen molar-refractivity contribution in [2.24, 2.45) is 5.41 Å². The third-order valence-corrected chi connectivity index (χ3v) is 3.15. The van der Waals surface area contributed by atoms with Gasteiger partial charge in [0, 0.05) is 13.0 Å². The molecule has 0 aliphatic heterocycles. The van der Waals surface area contributed by atoms with Gasteiger partial charge in [-0.1, -0.05) is 32.9 Å². The quantitative estimate of drug-likeness (QED) is 0.735. The lowest BCUT2D eigenvalue weighted by molar-refractivity contribution is -0.139. The van der Waals surface area contributed by atoms with Crippen LogP contribution in [0.3, 0.4) is 0 Å². The first kappa shape index (κ1) is 18.0. The zero-order valence-electron chi connectivity index (χ0n) is 13.5. The molecule has 22 heavy (non-hydrogen) atoms. The van der Waals surface area contributed by atoms with Gasteiger partial charge < -0.3 is 15.2 Å². The van der Waals surface area contributed by atoms with E-state index in [2.05, 4.69) is 12.2 Å². The number of nitrogens with one attached hydrogen (secondary N) is 1. The van der Waals surface area contributed by atoms with E-state index in [1.54, 1.807) is 13.8 Å².